The number of anilines is 3. The Bertz CT molecular complexity index is 1570. The van der Waals surface area contributed by atoms with Crippen molar-refractivity contribution < 1.29 is 37.8 Å². The first-order valence-corrected chi connectivity index (χ1v) is 19.8. The summed E-state index contributed by atoms with van der Waals surface area (Å²) in [5.74, 6) is 0.962. The Kier molecular flexibility index (Phi) is 12.3. The van der Waals surface area contributed by atoms with Gasteiger partial charge in [-0.15, -0.1) is 5.10 Å². The number of aryl methyl sites for hydroxylation is 1. The molecule has 1 saturated heterocycles. The third-order valence-corrected chi connectivity index (χ3v) is 8.97. The van der Waals surface area contributed by atoms with E-state index >= 15 is 4.39 Å². The second kappa shape index (κ2) is 16.0. The van der Waals surface area contributed by atoms with Crippen LogP contribution < -0.4 is 20.3 Å². The van der Waals surface area contributed by atoms with E-state index in [0.717, 1.165) is 11.1 Å². The highest BCUT2D eigenvalue weighted by Gasteiger charge is 2.36. The molecule has 0 aromatic carbocycles. The number of alkyl halides is 1. The minimum absolute atomic E-state index is 0.00770. The van der Waals surface area contributed by atoms with Gasteiger partial charge in [-0.3, -0.25) is 9.52 Å². The molecule has 17 nitrogen and oxygen atoms in total. The van der Waals surface area contributed by atoms with Crippen LogP contribution in [0, 0.1) is 0 Å². The zero-order valence-electron chi connectivity index (χ0n) is 29.8. The van der Waals surface area contributed by atoms with Crippen molar-refractivity contribution in [1.29, 1.82) is 0 Å². The molecule has 1 aliphatic rings. The number of fused-ring (bicyclic) bond motifs is 1. The predicted molar refractivity (Wildman–Crippen MR) is 183 cm³/mol. The summed E-state index contributed by atoms with van der Waals surface area (Å²) in [5.41, 5.74) is 0.927. The lowest BCUT2D eigenvalue weighted by molar-refractivity contribution is -0.142. The number of alkyl carbamates (subject to hydrolysis) is 1. The van der Waals surface area contributed by atoms with Crippen molar-refractivity contribution in [2.75, 3.05) is 63.9 Å². The molecule has 0 radical (unpaired) electrons. The number of carbonyl (C=O) groups is 2. The van der Waals surface area contributed by atoms with Gasteiger partial charge in [0.05, 0.1) is 65.2 Å². The predicted octanol–water partition coefficient (Wildman–Crippen LogP) is 3.72. The highest BCUT2D eigenvalue weighted by atomic mass is 28.3. The van der Waals surface area contributed by atoms with E-state index in [2.05, 4.69) is 45.3 Å². The van der Waals surface area contributed by atoms with Gasteiger partial charge in [0.2, 0.25) is 5.95 Å². The quantitative estimate of drug-likeness (QED) is 0.133. The van der Waals surface area contributed by atoms with Gasteiger partial charge in [-0.25, -0.2) is 19.0 Å². The number of rotatable bonds is 15. The first kappa shape index (κ1) is 37.6. The molecule has 1 fully saturated rings. The van der Waals surface area contributed by atoms with Crippen molar-refractivity contribution in [2.24, 2.45) is 7.05 Å². The summed E-state index contributed by atoms with van der Waals surface area (Å²) in [6.45, 7) is 13.5. The average molecular weight is 709 g/mol. The van der Waals surface area contributed by atoms with Crippen molar-refractivity contribution in [3.63, 3.8) is 0 Å². The van der Waals surface area contributed by atoms with Crippen molar-refractivity contribution in [2.45, 2.75) is 70.8 Å². The molecule has 49 heavy (non-hydrogen) atoms. The summed E-state index contributed by atoms with van der Waals surface area (Å²) >= 11 is 0. The van der Waals surface area contributed by atoms with Gasteiger partial charge < -0.3 is 39.0 Å². The number of nitrogens with zero attached hydrogens (tertiary/aromatic N) is 8. The molecular weight excluding hydrogens is 659 g/mol. The summed E-state index contributed by atoms with van der Waals surface area (Å²) < 4.78 is 40.2. The smallest absolute Gasteiger partial charge is 0.434 e. The van der Waals surface area contributed by atoms with Gasteiger partial charge in [0.1, 0.15) is 17.5 Å². The molecule has 0 bridgehead atoms. The fourth-order valence-corrected chi connectivity index (χ4v) is 5.40. The van der Waals surface area contributed by atoms with Crippen molar-refractivity contribution in [3.05, 3.63) is 12.5 Å². The van der Waals surface area contributed by atoms with Gasteiger partial charge in [0.25, 0.3) is 5.88 Å². The van der Waals surface area contributed by atoms with E-state index in [4.69, 9.17) is 28.8 Å². The zero-order chi connectivity index (χ0) is 35.9. The normalized spacial score (nSPS) is 16.6. The van der Waals surface area contributed by atoms with Crippen LogP contribution in [-0.4, -0.2) is 126 Å². The molecule has 0 spiro atoms. The number of halogens is 1. The highest BCUT2D eigenvalue weighted by Crippen LogP contribution is 2.31. The van der Waals surface area contributed by atoms with E-state index in [1.807, 2.05) is 0 Å². The number of hydrogen-bond acceptors (Lipinski definition) is 13. The number of hydrogen-bond donors (Lipinski definition) is 2. The van der Waals surface area contributed by atoms with E-state index in [0.29, 0.717) is 48.3 Å². The van der Waals surface area contributed by atoms with E-state index in [1.54, 1.807) is 54.5 Å². The molecule has 2 atom stereocenters. The molecule has 0 aliphatic carbocycles. The lowest BCUT2D eigenvalue weighted by Crippen LogP contribution is -2.42. The summed E-state index contributed by atoms with van der Waals surface area (Å²) in [6, 6.07) is 0.0495. The largest absolute Gasteiger partial charge is 0.478 e. The first-order valence-electron chi connectivity index (χ1n) is 16.1. The average Bonchev–Trinajstić information content (AvgIpc) is 3.69. The molecule has 1 aliphatic heterocycles. The molecule has 4 rings (SSSR count). The Balaban J connectivity index is 1.36. The van der Waals surface area contributed by atoms with Gasteiger partial charge in [0.15, 0.2) is 17.0 Å². The van der Waals surface area contributed by atoms with Gasteiger partial charge >= 0.3 is 12.2 Å². The number of nitrogens with one attached hydrogen (secondary N) is 2. The van der Waals surface area contributed by atoms with E-state index in [1.165, 1.54) is 14.2 Å². The van der Waals surface area contributed by atoms with Crippen LogP contribution >= 0.6 is 0 Å². The molecule has 19 heteroatoms. The SMILES string of the molecule is COc1nn(CCOCCON(C)C(=O)OC(C)(C)C)cc1Nc1nc(N2C[C@@H](F)[C@H](NC(=O)OCC[Si](C)(C)C)C2)nc2c1ncn2C. The number of ether oxygens (including phenoxy) is 4. The van der Waals surface area contributed by atoms with Gasteiger partial charge in [-0.05, 0) is 26.8 Å². The Morgan fingerprint density at radius 3 is 2.57 bits per heavy atom. The van der Waals surface area contributed by atoms with Crippen LogP contribution in [0.1, 0.15) is 20.8 Å². The van der Waals surface area contributed by atoms with Gasteiger partial charge in [-0.1, -0.05) is 19.6 Å². The molecular formula is C30H49FN10O7Si. The standard InChI is InChI=1S/C30H49FN10O7Si/c1-30(2,3)48-29(43)39(5)47-13-12-45-11-10-41-18-22(26(37-41)44-6)33-24-23-25(38(4)19-32-23)36-27(35-24)40-16-20(31)21(17-40)34-28(42)46-14-15-49(7,8)9/h18-21H,10-17H2,1-9H3,(H,34,42)(H,33,35,36)/t20-,21-/m1/s1. The third-order valence-electron chi connectivity index (χ3n) is 7.27. The zero-order valence-corrected chi connectivity index (χ0v) is 30.8. The number of aromatic nitrogens is 6. The lowest BCUT2D eigenvalue weighted by atomic mass is 10.2. The Morgan fingerprint density at radius 1 is 1.12 bits per heavy atom. The number of hydroxylamine groups is 2. The van der Waals surface area contributed by atoms with Crippen LogP contribution in [0.15, 0.2) is 12.5 Å². The van der Waals surface area contributed by atoms with Crippen molar-refractivity contribution in [1.82, 2.24) is 39.7 Å². The second-order valence-corrected chi connectivity index (χ2v) is 19.5. The summed E-state index contributed by atoms with van der Waals surface area (Å²) in [5, 5.41) is 11.4. The lowest BCUT2D eigenvalue weighted by Gasteiger charge is -2.23. The first-order chi connectivity index (χ1) is 23.0. The monoisotopic (exact) mass is 708 g/mol. The van der Waals surface area contributed by atoms with Crippen LogP contribution in [0.2, 0.25) is 25.7 Å². The molecule has 0 unspecified atom stereocenters. The number of imidazole rings is 1. The van der Waals surface area contributed by atoms with E-state index in [-0.39, 0.29) is 32.3 Å². The molecule has 2 amide bonds. The number of methoxy groups -OCH3 is 1. The van der Waals surface area contributed by atoms with Gasteiger partial charge in [-0.2, -0.15) is 15.0 Å². The van der Waals surface area contributed by atoms with Crippen LogP contribution in [0.25, 0.3) is 11.2 Å². The molecule has 3 aromatic rings. The molecule has 2 N–H and O–H groups in total. The second-order valence-electron chi connectivity index (χ2n) is 13.9. The van der Waals surface area contributed by atoms with Crippen LogP contribution in [0.5, 0.6) is 5.88 Å². The molecule has 0 saturated carbocycles. The summed E-state index contributed by atoms with van der Waals surface area (Å²) in [6.07, 6.45) is 0.793. The van der Waals surface area contributed by atoms with Crippen LogP contribution in [-0.2, 0) is 32.6 Å². The maximum Gasteiger partial charge on any atom is 0.434 e. The third kappa shape index (κ3) is 10.9. The fourth-order valence-electron chi connectivity index (χ4n) is 4.68. The van der Waals surface area contributed by atoms with Crippen molar-refractivity contribution in [3.8, 4) is 5.88 Å². The summed E-state index contributed by atoms with van der Waals surface area (Å²) in [7, 11) is 3.41. The van der Waals surface area contributed by atoms with E-state index < -0.39 is 38.1 Å². The summed E-state index contributed by atoms with van der Waals surface area (Å²) in [4.78, 5) is 45.2. The molecule has 3 aromatic heterocycles. The maximum absolute atomic E-state index is 15.1. The Labute approximate surface area is 286 Å². The Hall–Kier alpha value is -4.23. The van der Waals surface area contributed by atoms with Gasteiger partial charge in [0, 0.05) is 28.7 Å². The highest BCUT2D eigenvalue weighted by molar-refractivity contribution is 6.76. The minimum atomic E-state index is -1.37. The number of amides is 2. The van der Waals surface area contributed by atoms with Crippen molar-refractivity contribution >= 4 is 48.9 Å². The topological polar surface area (TPSA) is 172 Å². The maximum atomic E-state index is 15.1. The minimum Gasteiger partial charge on any atom is -0.478 e. The fraction of sp³-hybridized carbons (Fsp3) is 0.667. The molecule has 272 valence electrons. The van der Waals surface area contributed by atoms with Crippen LogP contribution in [0.4, 0.5) is 31.4 Å². The van der Waals surface area contributed by atoms with E-state index in [9.17, 15) is 9.59 Å². The molecule has 4 heterocycles. The number of carbonyl (C=O) groups excluding carboxylic acids is 2. The Morgan fingerprint density at radius 2 is 1.88 bits per heavy atom. The van der Waals surface area contributed by atoms with Crippen LogP contribution in [0.3, 0.4) is 0 Å².